The fraction of sp³-hybridized carbons (Fsp3) is 0.875. The monoisotopic (exact) mass is 276 g/mol. The van der Waals surface area contributed by atoms with E-state index in [1.165, 1.54) is 31.5 Å². The zero-order valence-corrected chi connectivity index (χ0v) is 13.5. The predicted octanol–water partition coefficient (Wildman–Crippen LogP) is 3.15. The van der Waals surface area contributed by atoms with Crippen molar-refractivity contribution in [3.05, 3.63) is 11.6 Å². The Balaban J connectivity index is 2.00. The molecule has 1 N–H and O–H groups in total. The summed E-state index contributed by atoms with van der Waals surface area (Å²) in [6, 6.07) is 1.98. The molecule has 0 amide bonds. The average Bonchev–Trinajstić information content (AvgIpc) is 2.92. The van der Waals surface area contributed by atoms with Gasteiger partial charge in [-0.25, -0.2) is 0 Å². The molecule has 1 aromatic heterocycles. The molecule has 0 spiro atoms. The van der Waals surface area contributed by atoms with Crippen molar-refractivity contribution in [3.8, 4) is 0 Å². The van der Waals surface area contributed by atoms with Gasteiger partial charge in [-0.3, -0.25) is 0 Å². The van der Waals surface area contributed by atoms with Crippen molar-refractivity contribution in [2.45, 2.75) is 89.8 Å². The Bertz CT molecular complexity index is 471. The number of piperidine rings is 1. The van der Waals surface area contributed by atoms with Crippen LogP contribution in [0.5, 0.6) is 0 Å². The van der Waals surface area contributed by atoms with E-state index in [0.717, 1.165) is 5.82 Å². The van der Waals surface area contributed by atoms with Crippen LogP contribution in [0.25, 0.3) is 0 Å². The molecule has 2 saturated heterocycles. The van der Waals surface area contributed by atoms with E-state index in [-0.39, 0.29) is 5.41 Å². The summed E-state index contributed by atoms with van der Waals surface area (Å²) in [5.74, 6) is 2.76. The summed E-state index contributed by atoms with van der Waals surface area (Å²) in [5.41, 5.74) is 0.0596. The van der Waals surface area contributed by atoms with Gasteiger partial charge >= 0.3 is 0 Å². The predicted molar refractivity (Wildman–Crippen MR) is 81.0 cm³/mol. The van der Waals surface area contributed by atoms with Gasteiger partial charge in [-0.15, -0.1) is 10.2 Å². The zero-order valence-electron chi connectivity index (χ0n) is 13.5. The normalized spacial score (nSPS) is 30.2. The second-order valence-corrected chi connectivity index (χ2v) is 7.92. The molecular formula is C16H28N4. The Morgan fingerprint density at radius 2 is 1.70 bits per heavy atom. The summed E-state index contributed by atoms with van der Waals surface area (Å²) in [7, 11) is 0. The van der Waals surface area contributed by atoms with E-state index in [2.05, 4.69) is 54.7 Å². The molecule has 2 aliphatic rings. The highest BCUT2D eigenvalue weighted by molar-refractivity contribution is 5.12. The lowest BCUT2D eigenvalue weighted by Gasteiger charge is -2.34. The molecule has 2 fully saturated rings. The third-order valence-electron chi connectivity index (χ3n) is 4.72. The van der Waals surface area contributed by atoms with Gasteiger partial charge in [0.25, 0.3) is 0 Å². The van der Waals surface area contributed by atoms with Gasteiger partial charge in [0.05, 0.1) is 0 Å². The Hall–Kier alpha value is -0.900. The van der Waals surface area contributed by atoms with E-state index >= 15 is 0 Å². The minimum atomic E-state index is 0.0596. The number of nitrogens with one attached hydrogen (secondary N) is 1. The molecule has 0 saturated carbocycles. The third kappa shape index (κ3) is 2.39. The highest BCUT2D eigenvalue weighted by Crippen LogP contribution is 2.38. The number of hydrogen-bond donors (Lipinski definition) is 1. The lowest BCUT2D eigenvalue weighted by Crippen LogP contribution is -2.40. The van der Waals surface area contributed by atoms with Gasteiger partial charge in [0.15, 0.2) is 0 Å². The van der Waals surface area contributed by atoms with Crippen LogP contribution in [0.3, 0.4) is 0 Å². The maximum Gasteiger partial charge on any atom is 0.138 e. The van der Waals surface area contributed by atoms with Crippen LogP contribution in [0.15, 0.2) is 0 Å². The van der Waals surface area contributed by atoms with E-state index in [1.54, 1.807) is 0 Å². The van der Waals surface area contributed by atoms with Crippen molar-refractivity contribution in [1.29, 1.82) is 0 Å². The second kappa shape index (κ2) is 4.83. The van der Waals surface area contributed by atoms with E-state index in [1.807, 2.05) is 0 Å². The van der Waals surface area contributed by atoms with E-state index in [9.17, 15) is 0 Å². The SMILES string of the molecule is CC(C)c1nnc(C(C)(C)C)n1C1CC2CCC(C1)N2. The van der Waals surface area contributed by atoms with Crippen LogP contribution in [-0.4, -0.2) is 26.8 Å². The fourth-order valence-corrected chi connectivity index (χ4v) is 3.81. The number of aromatic nitrogens is 3. The lowest BCUT2D eigenvalue weighted by molar-refractivity contribution is 0.278. The number of hydrogen-bond acceptors (Lipinski definition) is 3. The van der Waals surface area contributed by atoms with Gasteiger partial charge in [-0.05, 0) is 25.7 Å². The molecule has 4 heteroatoms. The van der Waals surface area contributed by atoms with Crippen LogP contribution in [0.4, 0.5) is 0 Å². The van der Waals surface area contributed by atoms with Gasteiger partial charge in [0.2, 0.25) is 0 Å². The number of fused-ring (bicyclic) bond motifs is 2. The Morgan fingerprint density at radius 1 is 1.10 bits per heavy atom. The van der Waals surface area contributed by atoms with E-state index in [4.69, 9.17) is 0 Å². The molecule has 2 unspecified atom stereocenters. The van der Waals surface area contributed by atoms with Gasteiger partial charge in [-0.1, -0.05) is 34.6 Å². The van der Waals surface area contributed by atoms with E-state index in [0.29, 0.717) is 24.0 Å². The first-order chi connectivity index (χ1) is 9.36. The molecule has 112 valence electrons. The van der Waals surface area contributed by atoms with Crippen molar-refractivity contribution in [2.24, 2.45) is 0 Å². The van der Waals surface area contributed by atoms with Crippen LogP contribution < -0.4 is 5.32 Å². The van der Waals surface area contributed by atoms with Crippen LogP contribution in [-0.2, 0) is 5.41 Å². The van der Waals surface area contributed by atoms with Crippen LogP contribution in [0.2, 0.25) is 0 Å². The number of nitrogens with zero attached hydrogens (tertiary/aromatic N) is 3. The van der Waals surface area contributed by atoms with Gasteiger partial charge in [0.1, 0.15) is 11.6 Å². The van der Waals surface area contributed by atoms with Crippen LogP contribution in [0.1, 0.15) is 83.9 Å². The molecule has 2 atom stereocenters. The first-order valence-corrected chi connectivity index (χ1v) is 8.07. The maximum absolute atomic E-state index is 4.55. The quantitative estimate of drug-likeness (QED) is 0.902. The topological polar surface area (TPSA) is 42.7 Å². The molecule has 0 radical (unpaired) electrons. The third-order valence-corrected chi connectivity index (χ3v) is 4.72. The summed E-state index contributed by atoms with van der Waals surface area (Å²) < 4.78 is 2.48. The van der Waals surface area contributed by atoms with Gasteiger partial charge in [0, 0.05) is 29.5 Å². The summed E-state index contributed by atoms with van der Waals surface area (Å²) in [6.07, 6.45) is 5.14. The smallest absolute Gasteiger partial charge is 0.138 e. The molecule has 20 heavy (non-hydrogen) atoms. The summed E-state index contributed by atoms with van der Waals surface area (Å²) in [6.45, 7) is 11.2. The zero-order chi connectivity index (χ0) is 14.5. The van der Waals surface area contributed by atoms with Gasteiger partial charge in [-0.2, -0.15) is 0 Å². The van der Waals surface area contributed by atoms with Crippen molar-refractivity contribution in [3.63, 3.8) is 0 Å². The first-order valence-electron chi connectivity index (χ1n) is 8.07. The lowest BCUT2D eigenvalue weighted by atomic mass is 9.92. The first kappa shape index (κ1) is 14.1. The standard InChI is InChI=1S/C16H28N4/c1-10(2)14-18-19-15(16(3,4)5)20(14)13-8-11-6-7-12(9-13)17-11/h10-13,17H,6-9H2,1-5H3. The molecule has 2 aliphatic heterocycles. The molecule has 1 aromatic rings. The molecule has 3 heterocycles. The average molecular weight is 276 g/mol. The Labute approximate surface area is 122 Å². The van der Waals surface area contributed by atoms with Gasteiger partial charge < -0.3 is 9.88 Å². The van der Waals surface area contributed by atoms with Crippen molar-refractivity contribution in [1.82, 2.24) is 20.1 Å². The summed E-state index contributed by atoms with van der Waals surface area (Å²) in [4.78, 5) is 0. The fourth-order valence-electron chi connectivity index (χ4n) is 3.81. The van der Waals surface area contributed by atoms with Crippen LogP contribution >= 0.6 is 0 Å². The molecule has 3 rings (SSSR count). The van der Waals surface area contributed by atoms with Crippen molar-refractivity contribution in [2.75, 3.05) is 0 Å². The Morgan fingerprint density at radius 3 is 2.20 bits per heavy atom. The minimum absolute atomic E-state index is 0.0596. The van der Waals surface area contributed by atoms with Crippen LogP contribution in [0, 0.1) is 0 Å². The molecule has 4 nitrogen and oxygen atoms in total. The second-order valence-electron chi connectivity index (χ2n) is 7.92. The summed E-state index contributed by atoms with van der Waals surface area (Å²) in [5, 5.41) is 12.8. The highest BCUT2D eigenvalue weighted by Gasteiger charge is 2.37. The number of rotatable bonds is 2. The molecular weight excluding hydrogens is 248 g/mol. The van der Waals surface area contributed by atoms with E-state index < -0.39 is 0 Å². The molecule has 0 aromatic carbocycles. The molecule has 2 bridgehead atoms. The highest BCUT2D eigenvalue weighted by atomic mass is 15.3. The molecule has 0 aliphatic carbocycles. The largest absolute Gasteiger partial charge is 0.311 e. The van der Waals surface area contributed by atoms with Crippen molar-refractivity contribution >= 4 is 0 Å². The minimum Gasteiger partial charge on any atom is -0.311 e. The summed E-state index contributed by atoms with van der Waals surface area (Å²) >= 11 is 0. The Kier molecular flexibility index (Phi) is 3.39. The van der Waals surface area contributed by atoms with Crippen molar-refractivity contribution < 1.29 is 0 Å². The maximum atomic E-state index is 4.55.